The van der Waals surface area contributed by atoms with E-state index in [2.05, 4.69) is 5.32 Å². The Morgan fingerprint density at radius 1 is 0.935 bits per heavy atom. The van der Waals surface area contributed by atoms with Crippen LogP contribution in [0.2, 0.25) is 0 Å². The number of rotatable bonds is 6. The molecular formula is C23H22N2O5S. The molecule has 3 aromatic rings. The number of ether oxygens (including phenoxy) is 2. The number of amides is 1. The molecule has 3 N–H and O–H groups in total. The Labute approximate surface area is 182 Å². The molecule has 0 saturated carbocycles. The third-order valence-electron chi connectivity index (χ3n) is 4.74. The molecule has 0 aliphatic rings. The maximum absolute atomic E-state index is 12.6. The number of hydrogen-bond acceptors (Lipinski definition) is 5. The molecule has 0 fully saturated rings. The van der Waals surface area contributed by atoms with Crippen molar-refractivity contribution >= 4 is 28.5 Å². The quantitative estimate of drug-likeness (QED) is 0.571. The van der Waals surface area contributed by atoms with Gasteiger partial charge in [0, 0.05) is 17.3 Å². The van der Waals surface area contributed by atoms with Crippen LogP contribution in [0.15, 0.2) is 65.6 Å². The first-order valence-electron chi connectivity index (χ1n) is 9.29. The van der Waals surface area contributed by atoms with E-state index in [0.29, 0.717) is 27.5 Å². The number of methoxy groups -OCH3 is 2. The van der Waals surface area contributed by atoms with Crippen LogP contribution in [0.3, 0.4) is 0 Å². The number of anilines is 1. The average molecular weight is 439 g/mol. The molecule has 1 unspecified atom stereocenters. The lowest BCUT2D eigenvalue weighted by Gasteiger charge is -2.11. The highest BCUT2D eigenvalue weighted by molar-refractivity contribution is 7.82. The third-order valence-corrected chi connectivity index (χ3v) is 5.51. The highest BCUT2D eigenvalue weighted by Crippen LogP contribution is 2.27. The minimum absolute atomic E-state index is 0.298. The van der Waals surface area contributed by atoms with Crippen molar-refractivity contribution in [1.82, 2.24) is 0 Å². The molecule has 8 heteroatoms. The molecular weight excluding hydrogens is 416 g/mol. The SMILES string of the molecule is COC(=O)c1ccc(-c2ccc(C(=O)Nc3ccc(S(N)=O)c(OC)c3)cc2)c(C)c1. The van der Waals surface area contributed by atoms with Crippen LogP contribution in [0, 0.1) is 6.92 Å². The van der Waals surface area contributed by atoms with E-state index in [1.807, 2.05) is 25.1 Å². The van der Waals surface area contributed by atoms with Crippen LogP contribution in [0.1, 0.15) is 26.3 Å². The number of esters is 1. The van der Waals surface area contributed by atoms with Crippen LogP contribution < -0.4 is 15.2 Å². The van der Waals surface area contributed by atoms with E-state index in [1.165, 1.54) is 14.2 Å². The molecule has 0 bridgehead atoms. The summed E-state index contributed by atoms with van der Waals surface area (Å²) in [6.07, 6.45) is 0. The predicted molar refractivity (Wildman–Crippen MR) is 119 cm³/mol. The van der Waals surface area contributed by atoms with Crippen LogP contribution in [0.25, 0.3) is 11.1 Å². The van der Waals surface area contributed by atoms with Gasteiger partial charge in [0.25, 0.3) is 5.91 Å². The summed E-state index contributed by atoms with van der Waals surface area (Å²) in [7, 11) is 1.10. The zero-order chi connectivity index (χ0) is 22.5. The molecule has 0 heterocycles. The molecule has 3 rings (SSSR count). The summed E-state index contributed by atoms with van der Waals surface area (Å²) >= 11 is 0. The lowest BCUT2D eigenvalue weighted by Crippen LogP contribution is -2.12. The van der Waals surface area contributed by atoms with Crippen molar-refractivity contribution in [2.75, 3.05) is 19.5 Å². The largest absolute Gasteiger partial charge is 0.495 e. The Hall–Kier alpha value is -3.49. The fraction of sp³-hybridized carbons (Fsp3) is 0.130. The summed E-state index contributed by atoms with van der Waals surface area (Å²) < 4.78 is 21.5. The van der Waals surface area contributed by atoms with E-state index in [-0.39, 0.29) is 11.9 Å². The van der Waals surface area contributed by atoms with E-state index in [1.54, 1.807) is 42.5 Å². The van der Waals surface area contributed by atoms with Gasteiger partial charge in [-0.2, -0.15) is 0 Å². The van der Waals surface area contributed by atoms with Gasteiger partial charge in [-0.25, -0.2) is 14.1 Å². The van der Waals surface area contributed by atoms with Gasteiger partial charge < -0.3 is 14.8 Å². The number of carbonyl (C=O) groups is 2. The molecule has 31 heavy (non-hydrogen) atoms. The molecule has 1 amide bonds. The van der Waals surface area contributed by atoms with E-state index in [4.69, 9.17) is 14.6 Å². The summed E-state index contributed by atoms with van der Waals surface area (Å²) in [5, 5.41) is 8.20. The highest BCUT2D eigenvalue weighted by atomic mass is 32.2. The van der Waals surface area contributed by atoms with Gasteiger partial charge in [0.05, 0.1) is 24.7 Å². The number of aryl methyl sites for hydroxylation is 1. The van der Waals surface area contributed by atoms with E-state index >= 15 is 0 Å². The molecule has 0 spiro atoms. The zero-order valence-corrected chi connectivity index (χ0v) is 18.1. The van der Waals surface area contributed by atoms with Gasteiger partial charge in [-0.3, -0.25) is 4.79 Å². The van der Waals surface area contributed by atoms with Gasteiger partial charge in [0.1, 0.15) is 16.7 Å². The number of nitrogens with two attached hydrogens (primary N) is 1. The second kappa shape index (κ2) is 9.55. The summed E-state index contributed by atoms with van der Waals surface area (Å²) in [5.74, 6) is -0.350. The smallest absolute Gasteiger partial charge is 0.337 e. The fourth-order valence-electron chi connectivity index (χ4n) is 3.15. The predicted octanol–water partition coefficient (Wildman–Crippen LogP) is 3.69. The summed E-state index contributed by atoms with van der Waals surface area (Å²) in [6.45, 7) is 1.91. The average Bonchev–Trinajstić information content (AvgIpc) is 2.78. The Balaban J connectivity index is 1.78. The molecule has 3 aromatic carbocycles. The van der Waals surface area contributed by atoms with E-state index < -0.39 is 11.0 Å². The monoisotopic (exact) mass is 438 g/mol. The van der Waals surface area contributed by atoms with Crippen LogP contribution in [0.4, 0.5) is 5.69 Å². The van der Waals surface area contributed by atoms with Crippen LogP contribution in [0.5, 0.6) is 5.75 Å². The van der Waals surface area contributed by atoms with Crippen LogP contribution in [-0.4, -0.2) is 30.3 Å². The number of benzene rings is 3. The van der Waals surface area contributed by atoms with Crippen molar-refractivity contribution in [3.05, 3.63) is 77.4 Å². The first-order valence-corrected chi connectivity index (χ1v) is 10.5. The van der Waals surface area contributed by atoms with Crippen molar-refractivity contribution in [2.45, 2.75) is 11.8 Å². The Morgan fingerprint density at radius 3 is 2.19 bits per heavy atom. The number of nitrogens with one attached hydrogen (secondary N) is 1. The maximum atomic E-state index is 12.6. The zero-order valence-electron chi connectivity index (χ0n) is 17.3. The Bertz CT molecular complexity index is 1160. The lowest BCUT2D eigenvalue weighted by atomic mass is 9.97. The summed E-state index contributed by atoms with van der Waals surface area (Å²) in [6, 6.07) is 17.2. The lowest BCUT2D eigenvalue weighted by molar-refractivity contribution is 0.0600. The summed E-state index contributed by atoms with van der Waals surface area (Å²) in [4.78, 5) is 24.6. The first-order chi connectivity index (χ1) is 14.8. The second-order valence-electron chi connectivity index (χ2n) is 6.72. The standard InChI is InChI=1S/C23H22N2O5S/c1-14-12-17(23(27)30-3)8-10-19(14)15-4-6-16(7-5-15)22(26)25-18-9-11-21(31(24)28)20(13-18)29-2/h4-13H,24H2,1-3H3,(H,25,26). The minimum Gasteiger partial charge on any atom is -0.495 e. The number of carbonyl (C=O) groups excluding carboxylic acids is 2. The van der Waals surface area contributed by atoms with Gasteiger partial charge >= 0.3 is 5.97 Å². The Kier molecular flexibility index (Phi) is 6.84. The van der Waals surface area contributed by atoms with Crippen molar-refractivity contribution in [3.8, 4) is 16.9 Å². The molecule has 0 aliphatic carbocycles. The number of hydrogen-bond donors (Lipinski definition) is 2. The summed E-state index contributed by atoms with van der Waals surface area (Å²) in [5.41, 5.74) is 4.24. The third kappa shape index (κ3) is 4.99. The van der Waals surface area contributed by atoms with Crippen LogP contribution >= 0.6 is 0 Å². The maximum Gasteiger partial charge on any atom is 0.337 e. The molecule has 0 radical (unpaired) electrons. The van der Waals surface area contributed by atoms with Crippen molar-refractivity contribution < 1.29 is 23.3 Å². The second-order valence-corrected chi connectivity index (χ2v) is 7.75. The molecule has 1 atom stereocenters. The van der Waals surface area contributed by atoms with E-state index in [9.17, 15) is 13.8 Å². The fourth-order valence-corrected chi connectivity index (χ4v) is 3.69. The Morgan fingerprint density at radius 2 is 1.61 bits per heavy atom. The van der Waals surface area contributed by atoms with Gasteiger partial charge in [0.2, 0.25) is 0 Å². The minimum atomic E-state index is -1.69. The van der Waals surface area contributed by atoms with Crippen molar-refractivity contribution in [1.29, 1.82) is 0 Å². The first kappa shape index (κ1) is 22.2. The molecule has 0 aromatic heterocycles. The van der Waals surface area contributed by atoms with Gasteiger partial charge in [-0.05, 0) is 60.0 Å². The van der Waals surface area contributed by atoms with Gasteiger partial charge in [-0.15, -0.1) is 0 Å². The topological polar surface area (TPSA) is 108 Å². The van der Waals surface area contributed by atoms with Gasteiger partial charge in [0.15, 0.2) is 0 Å². The van der Waals surface area contributed by atoms with Crippen molar-refractivity contribution in [2.24, 2.45) is 5.14 Å². The molecule has 7 nitrogen and oxygen atoms in total. The normalized spacial score (nSPS) is 11.5. The van der Waals surface area contributed by atoms with Gasteiger partial charge in [-0.1, -0.05) is 18.2 Å². The van der Waals surface area contributed by atoms with E-state index in [0.717, 1.165) is 16.7 Å². The van der Waals surface area contributed by atoms with Crippen LogP contribution in [-0.2, 0) is 15.7 Å². The van der Waals surface area contributed by atoms with Crippen molar-refractivity contribution in [3.63, 3.8) is 0 Å². The highest BCUT2D eigenvalue weighted by Gasteiger charge is 2.13. The molecule has 0 aliphatic heterocycles. The molecule has 0 saturated heterocycles. The molecule has 160 valence electrons.